The molecule has 2 rings (SSSR count). The first-order valence-electron chi connectivity index (χ1n) is 6.29. The van der Waals surface area contributed by atoms with Crippen LogP contribution in [0.15, 0.2) is 22.9 Å². The number of aromatic nitrogens is 1. The van der Waals surface area contributed by atoms with Crippen LogP contribution < -0.4 is 4.90 Å². The van der Waals surface area contributed by atoms with Gasteiger partial charge in [0.25, 0.3) is 0 Å². The number of rotatable bonds is 4. The first-order chi connectivity index (χ1) is 8.31. The van der Waals surface area contributed by atoms with Gasteiger partial charge < -0.3 is 10.0 Å². The van der Waals surface area contributed by atoms with Crippen LogP contribution in [-0.2, 0) is 0 Å². The molecule has 0 spiro atoms. The van der Waals surface area contributed by atoms with Gasteiger partial charge in [-0.15, -0.1) is 0 Å². The Kier molecular flexibility index (Phi) is 4.80. The zero-order valence-electron chi connectivity index (χ0n) is 9.98. The molecule has 0 bridgehead atoms. The Morgan fingerprint density at radius 2 is 2.06 bits per heavy atom. The molecule has 0 saturated heterocycles. The summed E-state index contributed by atoms with van der Waals surface area (Å²) in [6.07, 6.45) is 10.1. The molecule has 0 unspecified atom stereocenters. The van der Waals surface area contributed by atoms with E-state index in [0.717, 1.165) is 10.2 Å². The molecule has 0 atom stereocenters. The highest BCUT2D eigenvalue weighted by Gasteiger charge is 2.21. The Bertz CT molecular complexity index is 353. The summed E-state index contributed by atoms with van der Waals surface area (Å²) in [5.41, 5.74) is 1.11. The number of aliphatic hydroxyl groups excluding tert-OH is 1. The fourth-order valence-corrected chi connectivity index (χ4v) is 2.93. The van der Waals surface area contributed by atoms with E-state index in [1.54, 1.807) is 6.20 Å². The van der Waals surface area contributed by atoms with E-state index >= 15 is 0 Å². The predicted octanol–water partition coefficient (Wildman–Crippen LogP) is 2.98. The molecule has 1 aromatic heterocycles. The summed E-state index contributed by atoms with van der Waals surface area (Å²) in [5.74, 6) is 0. The number of pyridine rings is 1. The van der Waals surface area contributed by atoms with Crippen LogP contribution in [0.25, 0.3) is 0 Å². The Morgan fingerprint density at radius 3 is 2.71 bits per heavy atom. The van der Waals surface area contributed by atoms with Gasteiger partial charge in [-0.3, -0.25) is 4.98 Å². The normalized spacial score (nSPS) is 17.1. The van der Waals surface area contributed by atoms with Crippen molar-refractivity contribution >= 4 is 21.6 Å². The molecule has 0 aliphatic heterocycles. The molecule has 1 aliphatic rings. The van der Waals surface area contributed by atoms with Crippen molar-refractivity contribution in [1.29, 1.82) is 0 Å². The average Bonchev–Trinajstić information content (AvgIpc) is 2.37. The molecule has 1 N–H and O–H groups in total. The summed E-state index contributed by atoms with van der Waals surface area (Å²) in [6.45, 7) is 0.895. The van der Waals surface area contributed by atoms with Gasteiger partial charge in [-0.1, -0.05) is 19.3 Å². The second-order valence-electron chi connectivity index (χ2n) is 4.57. The lowest BCUT2D eigenvalue weighted by molar-refractivity contribution is 0.290. The van der Waals surface area contributed by atoms with Gasteiger partial charge >= 0.3 is 0 Å². The van der Waals surface area contributed by atoms with Gasteiger partial charge in [0.05, 0.1) is 18.5 Å². The lowest BCUT2D eigenvalue weighted by Crippen LogP contribution is -2.38. The molecule has 4 heteroatoms. The van der Waals surface area contributed by atoms with Crippen molar-refractivity contribution in [3.63, 3.8) is 0 Å². The van der Waals surface area contributed by atoms with E-state index < -0.39 is 0 Å². The topological polar surface area (TPSA) is 36.4 Å². The number of nitrogens with zero attached hydrogens (tertiary/aromatic N) is 2. The number of aliphatic hydroxyl groups is 1. The Hall–Kier alpha value is -0.610. The van der Waals surface area contributed by atoms with Crippen molar-refractivity contribution < 1.29 is 5.11 Å². The van der Waals surface area contributed by atoms with Crippen molar-refractivity contribution in [3.8, 4) is 0 Å². The molecule has 1 aromatic rings. The quantitative estimate of drug-likeness (QED) is 0.928. The Balaban J connectivity index is 2.15. The lowest BCUT2D eigenvalue weighted by Gasteiger charge is -2.35. The molecule has 1 fully saturated rings. The molecule has 1 saturated carbocycles. The second kappa shape index (κ2) is 6.36. The van der Waals surface area contributed by atoms with Crippen LogP contribution in [-0.4, -0.2) is 29.3 Å². The molecular formula is C13H19BrN2O. The zero-order chi connectivity index (χ0) is 12.1. The van der Waals surface area contributed by atoms with Gasteiger partial charge in [0.15, 0.2) is 0 Å². The first kappa shape index (κ1) is 12.8. The number of hydrogen-bond acceptors (Lipinski definition) is 3. The molecule has 3 nitrogen and oxygen atoms in total. The zero-order valence-corrected chi connectivity index (χ0v) is 11.6. The van der Waals surface area contributed by atoms with Crippen molar-refractivity contribution in [1.82, 2.24) is 4.98 Å². The monoisotopic (exact) mass is 298 g/mol. The summed E-state index contributed by atoms with van der Waals surface area (Å²) >= 11 is 3.45. The van der Waals surface area contributed by atoms with E-state index in [-0.39, 0.29) is 6.61 Å². The first-order valence-corrected chi connectivity index (χ1v) is 7.08. The molecule has 1 heterocycles. The predicted molar refractivity (Wildman–Crippen MR) is 73.2 cm³/mol. The van der Waals surface area contributed by atoms with Crippen LogP contribution in [0, 0.1) is 0 Å². The maximum absolute atomic E-state index is 9.22. The summed E-state index contributed by atoms with van der Waals surface area (Å²) in [6, 6.07) is 2.64. The van der Waals surface area contributed by atoms with Crippen molar-refractivity contribution in [2.45, 2.75) is 38.1 Å². The SMILES string of the molecule is OCCN(c1cncc(Br)c1)C1CCCCC1. The highest BCUT2D eigenvalue weighted by atomic mass is 79.9. The van der Waals surface area contributed by atoms with E-state index in [4.69, 9.17) is 0 Å². The minimum Gasteiger partial charge on any atom is -0.395 e. The van der Waals surface area contributed by atoms with Crippen molar-refractivity contribution in [2.75, 3.05) is 18.1 Å². The lowest BCUT2D eigenvalue weighted by atomic mass is 9.94. The Morgan fingerprint density at radius 1 is 1.29 bits per heavy atom. The van der Waals surface area contributed by atoms with Crippen LogP contribution in [0.1, 0.15) is 32.1 Å². The molecule has 1 aliphatic carbocycles. The van der Waals surface area contributed by atoms with Crippen LogP contribution in [0.2, 0.25) is 0 Å². The maximum Gasteiger partial charge on any atom is 0.0606 e. The molecule has 17 heavy (non-hydrogen) atoms. The standard InChI is InChI=1S/C13H19BrN2O/c14-11-8-13(10-15-9-11)16(6-7-17)12-4-2-1-3-5-12/h8-10,12,17H,1-7H2. The third-order valence-electron chi connectivity index (χ3n) is 3.38. The van der Waals surface area contributed by atoms with Gasteiger partial charge in [-0.05, 0) is 34.8 Å². The number of hydrogen-bond donors (Lipinski definition) is 1. The number of halogens is 1. The van der Waals surface area contributed by atoms with Crippen LogP contribution >= 0.6 is 15.9 Å². The van der Waals surface area contributed by atoms with E-state index in [2.05, 4.69) is 31.9 Å². The van der Waals surface area contributed by atoms with E-state index in [9.17, 15) is 5.11 Å². The minimum atomic E-state index is 0.197. The van der Waals surface area contributed by atoms with Crippen LogP contribution in [0.3, 0.4) is 0 Å². The van der Waals surface area contributed by atoms with Gasteiger partial charge in [-0.25, -0.2) is 0 Å². The number of anilines is 1. The van der Waals surface area contributed by atoms with E-state index in [1.165, 1.54) is 32.1 Å². The summed E-state index contributed by atoms with van der Waals surface area (Å²) in [5, 5.41) is 9.22. The van der Waals surface area contributed by atoms with E-state index in [1.807, 2.05) is 6.20 Å². The smallest absolute Gasteiger partial charge is 0.0606 e. The molecule has 0 aromatic carbocycles. The highest BCUT2D eigenvalue weighted by Crippen LogP contribution is 2.27. The van der Waals surface area contributed by atoms with Crippen molar-refractivity contribution in [2.24, 2.45) is 0 Å². The maximum atomic E-state index is 9.22. The molecular weight excluding hydrogens is 280 g/mol. The highest BCUT2D eigenvalue weighted by molar-refractivity contribution is 9.10. The van der Waals surface area contributed by atoms with Crippen molar-refractivity contribution in [3.05, 3.63) is 22.9 Å². The van der Waals surface area contributed by atoms with E-state index in [0.29, 0.717) is 12.6 Å². The molecule has 94 valence electrons. The fourth-order valence-electron chi connectivity index (χ4n) is 2.58. The average molecular weight is 299 g/mol. The third-order valence-corrected chi connectivity index (χ3v) is 3.81. The van der Waals surface area contributed by atoms with Crippen LogP contribution in [0.4, 0.5) is 5.69 Å². The summed E-state index contributed by atoms with van der Waals surface area (Å²) < 4.78 is 0.994. The van der Waals surface area contributed by atoms with Gasteiger partial charge in [0.2, 0.25) is 0 Å². The largest absolute Gasteiger partial charge is 0.395 e. The Labute approximate surface area is 111 Å². The summed E-state index contributed by atoms with van der Waals surface area (Å²) in [7, 11) is 0. The van der Waals surface area contributed by atoms with Gasteiger partial charge in [-0.2, -0.15) is 0 Å². The van der Waals surface area contributed by atoms with Gasteiger partial charge in [0.1, 0.15) is 0 Å². The fraction of sp³-hybridized carbons (Fsp3) is 0.615. The minimum absolute atomic E-state index is 0.197. The second-order valence-corrected chi connectivity index (χ2v) is 5.49. The van der Waals surface area contributed by atoms with Crippen LogP contribution in [0.5, 0.6) is 0 Å². The third kappa shape index (κ3) is 3.42. The molecule has 0 amide bonds. The molecule has 0 radical (unpaired) electrons. The summed E-state index contributed by atoms with van der Waals surface area (Å²) in [4.78, 5) is 6.51. The van der Waals surface area contributed by atoms with Gasteiger partial charge in [0, 0.05) is 23.3 Å².